The number of oxazole rings is 1. The van der Waals surface area contributed by atoms with Gasteiger partial charge in [-0.05, 0) is 38.0 Å². The summed E-state index contributed by atoms with van der Waals surface area (Å²) >= 11 is 0. The van der Waals surface area contributed by atoms with Crippen molar-refractivity contribution in [3.05, 3.63) is 77.2 Å². The van der Waals surface area contributed by atoms with Crippen LogP contribution in [0.2, 0.25) is 0 Å². The Morgan fingerprint density at radius 2 is 1.77 bits per heavy atom. The van der Waals surface area contributed by atoms with Gasteiger partial charge in [0.25, 0.3) is 0 Å². The normalized spacial score (nSPS) is 12.0. The second-order valence-corrected chi connectivity index (χ2v) is 6.50. The van der Waals surface area contributed by atoms with E-state index in [0.29, 0.717) is 17.3 Å². The molecule has 1 heterocycles. The zero-order valence-corrected chi connectivity index (χ0v) is 15.5. The molecule has 3 rings (SSSR count). The van der Waals surface area contributed by atoms with Crippen molar-refractivity contribution in [1.82, 2.24) is 10.3 Å². The number of aromatic nitrogens is 1. The summed E-state index contributed by atoms with van der Waals surface area (Å²) in [4.78, 5) is 17.0. The molecule has 0 aliphatic rings. The lowest BCUT2D eigenvalue weighted by molar-refractivity contribution is -0.121. The van der Waals surface area contributed by atoms with Crippen LogP contribution in [0.4, 0.5) is 0 Å². The first kappa shape index (κ1) is 17.9. The maximum atomic E-state index is 12.5. The van der Waals surface area contributed by atoms with Crippen molar-refractivity contribution < 1.29 is 9.21 Å². The van der Waals surface area contributed by atoms with Gasteiger partial charge in [-0.1, -0.05) is 55.0 Å². The number of nitrogens with one attached hydrogen (secondary N) is 1. The molecule has 0 bridgehead atoms. The molecule has 26 heavy (non-hydrogen) atoms. The molecule has 4 heteroatoms. The number of amides is 1. The lowest BCUT2D eigenvalue weighted by Gasteiger charge is -2.17. The van der Waals surface area contributed by atoms with E-state index in [0.717, 1.165) is 17.5 Å². The smallest absolute Gasteiger partial charge is 0.226 e. The third-order valence-corrected chi connectivity index (χ3v) is 4.46. The van der Waals surface area contributed by atoms with Gasteiger partial charge in [-0.15, -0.1) is 0 Å². The van der Waals surface area contributed by atoms with E-state index < -0.39 is 0 Å². The molecule has 0 saturated carbocycles. The predicted molar refractivity (Wildman–Crippen MR) is 103 cm³/mol. The van der Waals surface area contributed by atoms with Gasteiger partial charge in [0.15, 0.2) is 0 Å². The number of carbonyl (C=O) groups is 1. The highest BCUT2D eigenvalue weighted by molar-refractivity contribution is 5.79. The molecule has 1 atom stereocenters. The van der Waals surface area contributed by atoms with Crippen LogP contribution in [-0.4, -0.2) is 10.9 Å². The fourth-order valence-corrected chi connectivity index (χ4v) is 2.91. The van der Waals surface area contributed by atoms with Gasteiger partial charge in [-0.25, -0.2) is 4.98 Å². The van der Waals surface area contributed by atoms with Crippen LogP contribution in [0.3, 0.4) is 0 Å². The van der Waals surface area contributed by atoms with Gasteiger partial charge in [0.05, 0.1) is 18.2 Å². The Morgan fingerprint density at radius 1 is 1.08 bits per heavy atom. The number of benzene rings is 2. The zero-order valence-electron chi connectivity index (χ0n) is 15.5. The zero-order chi connectivity index (χ0) is 18.5. The molecular formula is C22H24N2O2. The highest BCUT2D eigenvalue weighted by Gasteiger charge is 2.17. The third-order valence-electron chi connectivity index (χ3n) is 4.46. The minimum Gasteiger partial charge on any atom is -0.441 e. The van der Waals surface area contributed by atoms with Crippen molar-refractivity contribution in [2.45, 2.75) is 39.7 Å². The quantitative estimate of drug-likeness (QED) is 0.698. The SMILES string of the molecule is CCC(NC(=O)Cc1nc(-c2ccccc2)oc1C)c1ccc(C)cc1. The maximum absolute atomic E-state index is 12.5. The number of carbonyl (C=O) groups excluding carboxylic acids is 1. The summed E-state index contributed by atoms with van der Waals surface area (Å²) in [5, 5.41) is 3.11. The first-order valence-electron chi connectivity index (χ1n) is 8.94. The molecule has 1 unspecified atom stereocenters. The Bertz CT molecular complexity index is 867. The highest BCUT2D eigenvalue weighted by atomic mass is 16.4. The van der Waals surface area contributed by atoms with E-state index in [1.807, 2.05) is 37.3 Å². The maximum Gasteiger partial charge on any atom is 0.226 e. The van der Waals surface area contributed by atoms with Crippen molar-refractivity contribution in [2.75, 3.05) is 0 Å². The van der Waals surface area contributed by atoms with Gasteiger partial charge < -0.3 is 9.73 Å². The average Bonchev–Trinajstić information content (AvgIpc) is 3.02. The molecular weight excluding hydrogens is 324 g/mol. The minimum atomic E-state index is -0.0477. The number of nitrogens with zero attached hydrogens (tertiary/aromatic N) is 1. The summed E-state index contributed by atoms with van der Waals surface area (Å²) in [6.45, 7) is 5.97. The molecule has 1 amide bonds. The summed E-state index contributed by atoms with van der Waals surface area (Å²) in [5.74, 6) is 1.19. The fraction of sp³-hybridized carbons (Fsp3) is 0.273. The summed E-state index contributed by atoms with van der Waals surface area (Å²) in [5.41, 5.74) is 3.92. The first-order chi connectivity index (χ1) is 12.6. The van der Waals surface area contributed by atoms with Crippen molar-refractivity contribution in [3.63, 3.8) is 0 Å². The summed E-state index contributed by atoms with van der Waals surface area (Å²) in [7, 11) is 0. The van der Waals surface area contributed by atoms with Gasteiger partial charge >= 0.3 is 0 Å². The van der Waals surface area contributed by atoms with Crippen molar-refractivity contribution in [3.8, 4) is 11.5 Å². The molecule has 1 aromatic heterocycles. The largest absolute Gasteiger partial charge is 0.441 e. The number of rotatable bonds is 6. The van der Waals surface area contributed by atoms with Gasteiger partial charge in [-0.3, -0.25) is 4.79 Å². The van der Waals surface area contributed by atoms with Crippen LogP contribution in [-0.2, 0) is 11.2 Å². The van der Waals surface area contributed by atoms with Gasteiger partial charge in [-0.2, -0.15) is 0 Å². The Kier molecular flexibility index (Phi) is 5.52. The third kappa shape index (κ3) is 4.20. The average molecular weight is 348 g/mol. The molecule has 0 fully saturated rings. The molecule has 0 saturated heterocycles. The Morgan fingerprint density at radius 3 is 2.42 bits per heavy atom. The van der Waals surface area contributed by atoms with Gasteiger partial charge in [0.2, 0.25) is 11.8 Å². The molecule has 1 N–H and O–H groups in total. The number of hydrogen-bond donors (Lipinski definition) is 1. The molecule has 0 radical (unpaired) electrons. The van der Waals surface area contributed by atoms with Crippen molar-refractivity contribution in [1.29, 1.82) is 0 Å². The Hall–Kier alpha value is -2.88. The topological polar surface area (TPSA) is 55.1 Å². The van der Waals surface area contributed by atoms with E-state index in [-0.39, 0.29) is 18.4 Å². The number of hydrogen-bond acceptors (Lipinski definition) is 3. The first-order valence-corrected chi connectivity index (χ1v) is 8.94. The Labute approximate surface area is 154 Å². The number of aryl methyl sites for hydroxylation is 2. The highest BCUT2D eigenvalue weighted by Crippen LogP contribution is 2.22. The molecule has 2 aromatic carbocycles. The van der Waals surface area contributed by atoms with E-state index in [1.54, 1.807) is 0 Å². The van der Waals surface area contributed by atoms with E-state index in [9.17, 15) is 4.79 Å². The van der Waals surface area contributed by atoms with Crippen molar-refractivity contribution >= 4 is 5.91 Å². The van der Waals surface area contributed by atoms with Gasteiger partial charge in [0.1, 0.15) is 5.76 Å². The van der Waals surface area contributed by atoms with E-state index in [1.165, 1.54) is 5.56 Å². The monoisotopic (exact) mass is 348 g/mol. The summed E-state index contributed by atoms with van der Waals surface area (Å²) in [6, 6.07) is 18.0. The lowest BCUT2D eigenvalue weighted by atomic mass is 10.0. The van der Waals surface area contributed by atoms with Crippen LogP contribution in [0.15, 0.2) is 59.0 Å². The summed E-state index contributed by atoms with van der Waals surface area (Å²) < 4.78 is 5.74. The van der Waals surface area contributed by atoms with Crippen LogP contribution in [0.25, 0.3) is 11.5 Å². The van der Waals surface area contributed by atoms with Crippen LogP contribution < -0.4 is 5.32 Å². The molecule has 4 nitrogen and oxygen atoms in total. The second-order valence-electron chi connectivity index (χ2n) is 6.50. The van der Waals surface area contributed by atoms with E-state index in [4.69, 9.17) is 4.42 Å². The van der Waals surface area contributed by atoms with E-state index >= 15 is 0 Å². The predicted octanol–water partition coefficient (Wildman–Crippen LogP) is 4.77. The summed E-state index contributed by atoms with van der Waals surface area (Å²) in [6.07, 6.45) is 1.05. The van der Waals surface area contributed by atoms with Crippen molar-refractivity contribution in [2.24, 2.45) is 0 Å². The minimum absolute atomic E-state index is 0.00361. The van der Waals surface area contributed by atoms with Crippen LogP contribution in [0.5, 0.6) is 0 Å². The second kappa shape index (κ2) is 8.00. The van der Waals surface area contributed by atoms with Crippen LogP contribution >= 0.6 is 0 Å². The molecule has 3 aromatic rings. The molecule has 134 valence electrons. The van der Waals surface area contributed by atoms with Crippen LogP contribution in [0, 0.1) is 13.8 Å². The standard InChI is InChI=1S/C22H24N2O2/c1-4-19(17-12-10-15(2)11-13-17)23-21(25)14-20-16(3)26-22(24-20)18-8-6-5-7-9-18/h5-13,19H,4,14H2,1-3H3,(H,23,25). The molecule has 0 spiro atoms. The van der Waals surface area contributed by atoms with Gasteiger partial charge in [0, 0.05) is 5.56 Å². The van der Waals surface area contributed by atoms with Crippen LogP contribution in [0.1, 0.15) is 42.0 Å². The lowest BCUT2D eigenvalue weighted by Crippen LogP contribution is -2.29. The molecule has 0 aliphatic heterocycles. The Balaban J connectivity index is 1.69. The molecule has 0 aliphatic carbocycles. The fourth-order valence-electron chi connectivity index (χ4n) is 2.91. The van der Waals surface area contributed by atoms with E-state index in [2.05, 4.69) is 48.4 Å².